The molecule has 0 bridgehead atoms. The average molecular weight is 250 g/mol. The van der Waals surface area contributed by atoms with E-state index in [4.69, 9.17) is 21.1 Å². The first-order valence-corrected chi connectivity index (χ1v) is 5.20. The van der Waals surface area contributed by atoms with Crippen molar-refractivity contribution in [3.8, 4) is 5.75 Å². The van der Waals surface area contributed by atoms with Crippen molar-refractivity contribution in [1.29, 1.82) is 0 Å². The molecule has 0 radical (unpaired) electrons. The summed E-state index contributed by atoms with van der Waals surface area (Å²) >= 11 is 5.83. The molecule has 0 aromatic carbocycles. The van der Waals surface area contributed by atoms with Gasteiger partial charge in [0.2, 0.25) is 0 Å². The molecule has 1 aliphatic rings. The maximum Gasteiger partial charge on any atom is 0.200 e. The number of hydrogen-bond donors (Lipinski definition) is 0. The molecule has 2 heterocycles. The molecule has 2 atom stereocenters. The molecule has 0 saturated carbocycles. The standard InChI is InChI=1S/C10H12ClNO2.ClH/c1-2-10-13-8(5-11)7-3-4-12-6-9(7)14-10;/h3-4,6,8,10H,2,5H2,1H3;1H. The number of ether oxygens (including phenoxy) is 2. The van der Waals surface area contributed by atoms with E-state index < -0.39 is 0 Å². The van der Waals surface area contributed by atoms with E-state index in [1.165, 1.54) is 0 Å². The molecule has 0 saturated heterocycles. The second-order valence-corrected chi connectivity index (χ2v) is 3.46. The van der Waals surface area contributed by atoms with Crippen molar-refractivity contribution in [2.75, 3.05) is 5.88 Å². The summed E-state index contributed by atoms with van der Waals surface area (Å²) in [6.07, 6.45) is 3.96. The van der Waals surface area contributed by atoms with E-state index in [1.807, 2.05) is 13.0 Å². The largest absolute Gasteiger partial charge is 0.463 e. The van der Waals surface area contributed by atoms with Crippen molar-refractivity contribution in [1.82, 2.24) is 4.98 Å². The molecule has 1 aliphatic heterocycles. The smallest absolute Gasteiger partial charge is 0.200 e. The van der Waals surface area contributed by atoms with Gasteiger partial charge < -0.3 is 9.47 Å². The van der Waals surface area contributed by atoms with Crippen molar-refractivity contribution in [2.24, 2.45) is 0 Å². The Hall–Kier alpha value is -0.510. The van der Waals surface area contributed by atoms with Crippen LogP contribution in [-0.4, -0.2) is 17.2 Å². The number of aromatic nitrogens is 1. The first-order chi connectivity index (χ1) is 6.85. The molecule has 0 N–H and O–H groups in total. The second kappa shape index (κ2) is 5.54. The van der Waals surface area contributed by atoms with Gasteiger partial charge in [0.1, 0.15) is 11.9 Å². The van der Waals surface area contributed by atoms with Crippen LogP contribution in [0.1, 0.15) is 25.0 Å². The minimum atomic E-state index is -0.199. The lowest BCUT2D eigenvalue weighted by molar-refractivity contribution is -0.134. The molecular formula is C10H13Cl2NO2. The highest BCUT2D eigenvalue weighted by atomic mass is 35.5. The molecule has 0 aliphatic carbocycles. The van der Waals surface area contributed by atoms with Gasteiger partial charge in [0.15, 0.2) is 6.29 Å². The molecule has 2 rings (SSSR count). The molecule has 0 spiro atoms. The highest BCUT2D eigenvalue weighted by Gasteiger charge is 2.26. The number of hydrogen-bond acceptors (Lipinski definition) is 3. The zero-order chi connectivity index (χ0) is 9.97. The predicted molar refractivity (Wildman–Crippen MR) is 60.7 cm³/mol. The fourth-order valence-electron chi connectivity index (χ4n) is 1.48. The molecule has 0 fully saturated rings. The number of fused-ring (bicyclic) bond motifs is 1. The van der Waals surface area contributed by atoms with E-state index in [9.17, 15) is 0 Å². The zero-order valence-electron chi connectivity index (χ0n) is 8.35. The fourth-order valence-corrected chi connectivity index (χ4v) is 1.72. The Morgan fingerprint density at radius 2 is 2.33 bits per heavy atom. The van der Waals surface area contributed by atoms with Crippen LogP contribution < -0.4 is 4.74 Å². The third-order valence-corrected chi connectivity index (χ3v) is 2.49. The normalized spacial score (nSPS) is 23.6. The summed E-state index contributed by atoms with van der Waals surface area (Å²) in [6, 6.07) is 1.88. The van der Waals surface area contributed by atoms with Gasteiger partial charge in [-0.25, -0.2) is 0 Å². The van der Waals surface area contributed by atoms with E-state index in [2.05, 4.69) is 4.98 Å². The Bertz CT molecular complexity index is 322. The predicted octanol–water partition coefficient (Wildman–Crippen LogP) is 2.93. The van der Waals surface area contributed by atoms with Crippen molar-refractivity contribution in [2.45, 2.75) is 25.7 Å². The minimum Gasteiger partial charge on any atom is -0.463 e. The summed E-state index contributed by atoms with van der Waals surface area (Å²) in [5, 5.41) is 0. The van der Waals surface area contributed by atoms with Gasteiger partial charge in [0, 0.05) is 18.2 Å². The van der Waals surface area contributed by atoms with Gasteiger partial charge in [-0.05, 0) is 6.07 Å². The van der Waals surface area contributed by atoms with E-state index in [-0.39, 0.29) is 24.8 Å². The van der Waals surface area contributed by atoms with Crippen LogP contribution in [0, 0.1) is 0 Å². The summed E-state index contributed by atoms with van der Waals surface area (Å²) < 4.78 is 11.2. The monoisotopic (exact) mass is 249 g/mol. The molecule has 1 aromatic heterocycles. The topological polar surface area (TPSA) is 31.4 Å². The Morgan fingerprint density at radius 1 is 1.53 bits per heavy atom. The van der Waals surface area contributed by atoms with Crippen LogP contribution in [-0.2, 0) is 4.74 Å². The first-order valence-electron chi connectivity index (χ1n) is 4.67. The quantitative estimate of drug-likeness (QED) is 0.756. The summed E-state index contributed by atoms with van der Waals surface area (Å²) in [6.45, 7) is 2.01. The SMILES string of the molecule is CCC1Oc2cnccc2C(CCl)O1.Cl. The van der Waals surface area contributed by atoms with Crippen LogP contribution in [0.15, 0.2) is 18.5 Å². The van der Waals surface area contributed by atoms with Crippen molar-refractivity contribution >= 4 is 24.0 Å². The Kier molecular flexibility index (Phi) is 4.64. The molecule has 15 heavy (non-hydrogen) atoms. The fraction of sp³-hybridized carbons (Fsp3) is 0.500. The van der Waals surface area contributed by atoms with Crippen molar-refractivity contribution in [3.05, 3.63) is 24.0 Å². The molecule has 5 heteroatoms. The van der Waals surface area contributed by atoms with E-state index >= 15 is 0 Å². The molecule has 2 unspecified atom stereocenters. The number of alkyl halides is 1. The Balaban J connectivity index is 0.00000112. The first kappa shape index (κ1) is 12.6. The van der Waals surface area contributed by atoms with Gasteiger partial charge in [-0.1, -0.05) is 6.92 Å². The second-order valence-electron chi connectivity index (χ2n) is 3.15. The third-order valence-electron chi connectivity index (χ3n) is 2.21. The van der Waals surface area contributed by atoms with Crippen molar-refractivity contribution in [3.63, 3.8) is 0 Å². The van der Waals surface area contributed by atoms with Crippen LogP contribution in [0.2, 0.25) is 0 Å². The van der Waals surface area contributed by atoms with Crippen LogP contribution in [0.5, 0.6) is 5.75 Å². The number of rotatable bonds is 2. The number of nitrogens with zero attached hydrogens (tertiary/aromatic N) is 1. The van der Waals surface area contributed by atoms with Gasteiger partial charge in [-0.2, -0.15) is 0 Å². The summed E-state index contributed by atoms with van der Waals surface area (Å²) in [4.78, 5) is 4.01. The van der Waals surface area contributed by atoms with Crippen molar-refractivity contribution < 1.29 is 9.47 Å². The molecule has 3 nitrogen and oxygen atoms in total. The molecular weight excluding hydrogens is 237 g/mol. The minimum absolute atomic E-state index is 0. The molecule has 84 valence electrons. The average Bonchev–Trinajstić information content (AvgIpc) is 2.27. The van der Waals surface area contributed by atoms with Crippen LogP contribution in [0.4, 0.5) is 0 Å². The van der Waals surface area contributed by atoms with Gasteiger partial charge in [0.05, 0.1) is 12.1 Å². The lowest BCUT2D eigenvalue weighted by Crippen LogP contribution is -2.28. The summed E-state index contributed by atoms with van der Waals surface area (Å²) in [5.41, 5.74) is 0.986. The maximum absolute atomic E-state index is 5.83. The van der Waals surface area contributed by atoms with E-state index in [0.717, 1.165) is 17.7 Å². The van der Waals surface area contributed by atoms with Gasteiger partial charge in [-0.15, -0.1) is 24.0 Å². The zero-order valence-corrected chi connectivity index (χ0v) is 9.92. The van der Waals surface area contributed by atoms with Crippen LogP contribution >= 0.6 is 24.0 Å². The lowest BCUT2D eigenvalue weighted by atomic mass is 10.1. The van der Waals surface area contributed by atoms with E-state index in [0.29, 0.717) is 5.88 Å². The highest BCUT2D eigenvalue weighted by molar-refractivity contribution is 6.18. The maximum atomic E-state index is 5.83. The van der Waals surface area contributed by atoms with E-state index in [1.54, 1.807) is 12.4 Å². The number of pyridine rings is 1. The van der Waals surface area contributed by atoms with Gasteiger partial charge >= 0.3 is 0 Å². The Labute approximate surface area is 100 Å². The summed E-state index contributed by atoms with van der Waals surface area (Å²) in [5.74, 6) is 1.23. The Morgan fingerprint density at radius 3 is 3.00 bits per heavy atom. The van der Waals surface area contributed by atoms with Gasteiger partial charge in [-0.3, -0.25) is 4.98 Å². The van der Waals surface area contributed by atoms with Gasteiger partial charge in [0.25, 0.3) is 0 Å². The summed E-state index contributed by atoms with van der Waals surface area (Å²) in [7, 11) is 0. The van der Waals surface area contributed by atoms with Crippen LogP contribution in [0.25, 0.3) is 0 Å². The van der Waals surface area contributed by atoms with Crippen LogP contribution in [0.3, 0.4) is 0 Å². The third kappa shape index (κ3) is 2.54. The number of halogens is 2. The molecule has 0 amide bonds. The lowest BCUT2D eigenvalue weighted by Gasteiger charge is -2.30. The molecule has 1 aromatic rings. The highest BCUT2D eigenvalue weighted by Crippen LogP contribution is 2.34.